The van der Waals surface area contributed by atoms with Gasteiger partial charge in [-0.05, 0) is 12.8 Å². The Morgan fingerprint density at radius 1 is 1.55 bits per heavy atom. The van der Waals surface area contributed by atoms with E-state index < -0.39 is 0 Å². The van der Waals surface area contributed by atoms with Crippen LogP contribution in [0.5, 0.6) is 0 Å². The van der Waals surface area contributed by atoms with Crippen LogP contribution >= 0.6 is 11.6 Å². The van der Waals surface area contributed by atoms with Gasteiger partial charge in [0, 0.05) is 12.8 Å². The van der Waals surface area contributed by atoms with Crippen molar-refractivity contribution in [2.75, 3.05) is 12.5 Å². The van der Waals surface area contributed by atoms with E-state index in [1.807, 2.05) is 12.2 Å². The number of hydrogen-bond acceptors (Lipinski definition) is 2. The lowest BCUT2D eigenvalue weighted by atomic mass is 10.3. The highest BCUT2D eigenvalue weighted by atomic mass is 35.5. The molecule has 0 saturated carbocycles. The van der Waals surface area contributed by atoms with Gasteiger partial charge in [0.1, 0.15) is 6.61 Å². The van der Waals surface area contributed by atoms with E-state index in [-0.39, 0.29) is 5.97 Å². The largest absolute Gasteiger partial charge is 0.462 e. The van der Waals surface area contributed by atoms with E-state index in [9.17, 15) is 4.79 Å². The molecule has 0 amide bonds. The van der Waals surface area contributed by atoms with Gasteiger partial charge in [-0.25, -0.2) is 0 Å². The predicted molar refractivity (Wildman–Crippen MR) is 45.7 cm³/mol. The van der Waals surface area contributed by atoms with E-state index in [1.165, 1.54) is 6.92 Å². The van der Waals surface area contributed by atoms with Gasteiger partial charge in [-0.2, -0.15) is 0 Å². The van der Waals surface area contributed by atoms with E-state index in [4.69, 9.17) is 11.6 Å². The molecule has 0 heterocycles. The summed E-state index contributed by atoms with van der Waals surface area (Å²) in [5, 5.41) is 0. The second-order valence-electron chi connectivity index (χ2n) is 2.11. The van der Waals surface area contributed by atoms with Gasteiger partial charge >= 0.3 is 5.97 Å². The summed E-state index contributed by atoms with van der Waals surface area (Å²) in [5.74, 6) is 0.435. The third-order valence-electron chi connectivity index (χ3n) is 1.05. The molecule has 0 aromatic rings. The van der Waals surface area contributed by atoms with Crippen molar-refractivity contribution in [1.29, 1.82) is 0 Å². The Bertz CT molecular complexity index is 132. The lowest BCUT2D eigenvalue weighted by Gasteiger charge is -1.93. The van der Waals surface area contributed by atoms with Crippen LogP contribution in [-0.4, -0.2) is 18.5 Å². The summed E-state index contributed by atoms with van der Waals surface area (Å²) in [6.07, 6.45) is 5.71. The zero-order valence-corrected chi connectivity index (χ0v) is 7.43. The zero-order chi connectivity index (χ0) is 8.53. The van der Waals surface area contributed by atoms with Gasteiger partial charge in [-0.1, -0.05) is 12.2 Å². The fourth-order valence-electron chi connectivity index (χ4n) is 0.546. The fraction of sp³-hybridized carbons (Fsp3) is 0.625. The minimum Gasteiger partial charge on any atom is -0.462 e. The Balaban J connectivity index is 3.10. The highest BCUT2D eigenvalue weighted by Crippen LogP contribution is 1.92. The third kappa shape index (κ3) is 9.50. The van der Waals surface area contributed by atoms with E-state index in [2.05, 4.69) is 4.74 Å². The van der Waals surface area contributed by atoms with Crippen LogP contribution < -0.4 is 0 Å². The maximum atomic E-state index is 10.3. The monoisotopic (exact) mass is 176 g/mol. The normalized spacial score (nSPS) is 10.4. The van der Waals surface area contributed by atoms with Crippen LogP contribution in [0.3, 0.4) is 0 Å². The molecule has 0 bridgehead atoms. The van der Waals surface area contributed by atoms with Crippen molar-refractivity contribution in [3.63, 3.8) is 0 Å². The molecule has 64 valence electrons. The molecule has 11 heavy (non-hydrogen) atoms. The lowest BCUT2D eigenvalue weighted by molar-refractivity contribution is -0.139. The quantitative estimate of drug-likeness (QED) is 0.278. The number of alkyl halides is 1. The van der Waals surface area contributed by atoms with Gasteiger partial charge in [0.2, 0.25) is 0 Å². The summed E-state index contributed by atoms with van der Waals surface area (Å²) in [4.78, 5) is 10.3. The molecule has 0 saturated heterocycles. The molecule has 0 unspecified atom stereocenters. The molecule has 0 fully saturated rings. The van der Waals surface area contributed by atoms with Crippen molar-refractivity contribution in [2.45, 2.75) is 19.8 Å². The van der Waals surface area contributed by atoms with Gasteiger partial charge in [0.05, 0.1) is 0 Å². The first-order valence-electron chi connectivity index (χ1n) is 3.61. The first-order chi connectivity index (χ1) is 5.27. The Labute approximate surface area is 72.2 Å². The Kier molecular flexibility index (Phi) is 7.26. The molecule has 0 spiro atoms. The molecule has 0 N–H and O–H groups in total. The number of ether oxygens (including phenoxy) is 1. The Hall–Kier alpha value is -0.500. The molecule has 0 atom stereocenters. The Morgan fingerprint density at radius 3 is 2.82 bits per heavy atom. The molecule has 0 aliphatic rings. The summed E-state index contributed by atoms with van der Waals surface area (Å²) in [6.45, 7) is 1.77. The maximum absolute atomic E-state index is 10.3. The lowest BCUT2D eigenvalue weighted by Crippen LogP contribution is -1.97. The molecular formula is C8H13ClO2. The Morgan fingerprint density at radius 2 is 2.27 bits per heavy atom. The number of hydrogen-bond donors (Lipinski definition) is 0. The SMILES string of the molecule is CC(=O)OC/C=C/CCCCl. The average molecular weight is 177 g/mol. The van der Waals surface area contributed by atoms with Crippen molar-refractivity contribution in [3.8, 4) is 0 Å². The number of unbranched alkanes of at least 4 members (excludes halogenated alkanes) is 1. The zero-order valence-electron chi connectivity index (χ0n) is 6.68. The standard InChI is InChI=1S/C8H13ClO2/c1-8(10)11-7-5-3-2-4-6-9/h3,5H,2,4,6-7H2,1H3/b5-3+. The van der Waals surface area contributed by atoms with Crippen molar-refractivity contribution in [3.05, 3.63) is 12.2 Å². The number of esters is 1. The third-order valence-corrected chi connectivity index (χ3v) is 1.32. The van der Waals surface area contributed by atoms with Gasteiger partial charge in [-0.3, -0.25) is 4.79 Å². The van der Waals surface area contributed by atoms with E-state index in [1.54, 1.807) is 0 Å². The minimum absolute atomic E-state index is 0.244. The van der Waals surface area contributed by atoms with Gasteiger partial charge in [-0.15, -0.1) is 11.6 Å². The minimum atomic E-state index is -0.244. The van der Waals surface area contributed by atoms with E-state index in [0.29, 0.717) is 12.5 Å². The number of carbonyl (C=O) groups is 1. The van der Waals surface area contributed by atoms with Crippen LogP contribution in [0.1, 0.15) is 19.8 Å². The van der Waals surface area contributed by atoms with Crippen molar-refractivity contribution in [2.24, 2.45) is 0 Å². The van der Waals surface area contributed by atoms with Crippen LogP contribution in [0.25, 0.3) is 0 Å². The van der Waals surface area contributed by atoms with Crippen molar-refractivity contribution < 1.29 is 9.53 Å². The molecule has 0 aliphatic carbocycles. The summed E-state index contributed by atoms with van der Waals surface area (Å²) in [5.41, 5.74) is 0. The van der Waals surface area contributed by atoms with Gasteiger partial charge in [0.15, 0.2) is 0 Å². The number of halogens is 1. The van der Waals surface area contributed by atoms with Crippen LogP contribution in [0.4, 0.5) is 0 Å². The highest BCUT2D eigenvalue weighted by Gasteiger charge is 1.86. The second-order valence-corrected chi connectivity index (χ2v) is 2.48. The summed E-state index contributed by atoms with van der Waals surface area (Å²) in [6, 6.07) is 0. The highest BCUT2D eigenvalue weighted by molar-refractivity contribution is 6.17. The van der Waals surface area contributed by atoms with E-state index in [0.717, 1.165) is 12.8 Å². The van der Waals surface area contributed by atoms with Crippen LogP contribution in [-0.2, 0) is 9.53 Å². The summed E-state index contributed by atoms with van der Waals surface area (Å²) < 4.78 is 4.66. The fourth-order valence-corrected chi connectivity index (χ4v) is 0.701. The summed E-state index contributed by atoms with van der Waals surface area (Å²) in [7, 11) is 0. The number of rotatable bonds is 5. The molecule has 0 aromatic carbocycles. The van der Waals surface area contributed by atoms with Crippen LogP contribution in [0.15, 0.2) is 12.2 Å². The van der Waals surface area contributed by atoms with Gasteiger partial charge in [0.25, 0.3) is 0 Å². The molecule has 0 rings (SSSR count). The maximum Gasteiger partial charge on any atom is 0.302 e. The number of carbonyl (C=O) groups excluding carboxylic acids is 1. The predicted octanol–water partition coefficient (Wildman–Crippen LogP) is 2.12. The molecule has 0 aliphatic heterocycles. The topological polar surface area (TPSA) is 26.3 Å². The smallest absolute Gasteiger partial charge is 0.302 e. The van der Waals surface area contributed by atoms with Crippen molar-refractivity contribution in [1.82, 2.24) is 0 Å². The first-order valence-corrected chi connectivity index (χ1v) is 4.15. The second kappa shape index (κ2) is 7.61. The molecular weight excluding hydrogens is 164 g/mol. The van der Waals surface area contributed by atoms with Crippen molar-refractivity contribution >= 4 is 17.6 Å². The molecule has 0 radical (unpaired) electrons. The first kappa shape index (κ1) is 10.5. The average Bonchev–Trinajstić information content (AvgIpc) is 1.96. The van der Waals surface area contributed by atoms with Crippen LogP contribution in [0.2, 0.25) is 0 Å². The molecule has 2 nitrogen and oxygen atoms in total. The molecule has 3 heteroatoms. The summed E-state index contributed by atoms with van der Waals surface area (Å²) >= 11 is 5.45. The van der Waals surface area contributed by atoms with E-state index >= 15 is 0 Å². The number of allylic oxidation sites excluding steroid dienone is 1. The van der Waals surface area contributed by atoms with Gasteiger partial charge < -0.3 is 4.74 Å². The van der Waals surface area contributed by atoms with Crippen LogP contribution in [0, 0.1) is 0 Å². The molecule has 0 aromatic heterocycles.